The van der Waals surface area contributed by atoms with E-state index in [9.17, 15) is 19.2 Å². The molecule has 0 radical (unpaired) electrons. The smallest absolute Gasteiger partial charge is 0.328 e. The molecule has 1 heterocycles. The van der Waals surface area contributed by atoms with Crippen molar-refractivity contribution in [2.45, 2.75) is 37.4 Å². The van der Waals surface area contributed by atoms with Crippen LogP contribution in [0.25, 0.3) is 10.8 Å². The van der Waals surface area contributed by atoms with Crippen LogP contribution >= 0.6 is 0 Å². The van der Waals surface area contributed by atoms with E-state index >= 15 is 0 Å². The number of nitrogens with one attached hydrogen (secondary N) is 3. The normalized spacial score (nSPS) is 18.3. The predicted octanol–water partition coefficient (Wildman–Crippen LogP) is 1.66. The highest BCUT2D eigenvalue weighted by Crippen LogP contribution is 2.20. The number of benzene rings is 3. The van der Waals surface area contributed by atoms with Gasteiger partial charge >= 0.3 is 5.97 Å². The van der Waals surface area contributed by atoms with Crippen molar-refractivity contribution in [2.75, 3.05) is 7.11 Å². The second-order valence-electron chi connectivity index (χ2n) is 8.50. The van der Waals surface area contributed by atoms with Gasteiger partial charge in [-0.25, -0.2) is 4.79 Å². The van der Waals surface area contributed by atoms with Gasteiger partial charge in [-0.3, -0.25) is 14.4 Å². The third kappa shape index (κ3) is 5.84. The fourth-order valence-electron chi connectivity index (χ4n) is 4.28. The Kier molecular flexibility index (Phi) is 7.40. The average Bonchev–Trinajstić information content (AvgIpc) is 2.87. The largest absolute Gasteiger partial charge is 0.467 e. The number of amides is 3. The van der Waals surface area contributed by atoms with Crippen molar-refractivity contribution >= 4 is 34.5 Å². The number of ether oxygens (including phenoxy) is 1. The van der Waals surface area contributed by atoms with E-state index in [1.54, 1.807) is 0 Å². The summed E-state index contributed by atoms with van der Waals surface area (Å²) in [6.07, 6.45) is 0.285. The van der Waals surface area contributed by atoms with Crippen molar-refractivity contribution < 1.29 is 23.9 Å². The molecule has 8 nitrogen and oxygen atoms in total. The molecule has 1 saturated heterocycles. The van der Waals surface area contributed by atoms with Crippen LogP contribution in [0.3, 0.4) is 0 Å². The molecule has 4 rings (SSSR count). The highest BCUT2D eigenvalue weighted by Gasteiger charge is 2.35. The van der Waals surface area contributed by atoms with Crippen molar-refractivity contribution in [1.82, 2.24) is 16.0 Å². The Morgan fingerprint density at radius 2 is 1.54 bits per heavy atom. The molecule has 3 amide bonds. The van der Waals surface area contributed by atoms with Crippen LogP contribution in [0.5, 0.6) is 0 Å². The van der Waals surface area contributed by atoms with Gasteiger partial charge in [0.05, 0.1) is 13.5 Å². The van der Waals surface area contributed by atoms with Crippen LogP contribution < -0.4 is 16.0 Å². The Labute approximate surface area is 203 Å². The van der Waals surface area contributed by atoms with Crippen LogP contribution in [0.15, 0.2) is 72.8 Å². The second-order valence-corrected chi connectivity index (χ2v) is 8.50. The van der Waals surface area contributed by atoms with Crippen LogP contribution in [0.2, 0.25) is 0 Å². The van der Waals surface area contributed by atoms with Crippen molar-refractivity contribution in [3.8, 4) is 0 Å². The van der Waals surface area contributed by atoms with Gasteiger partial charge in [0.1, 0.15) is 18.1 Å². The fourth-order valence-corrected chi connectivity index (χ4v) is 4.28. The number of carbonyl (C=O) groups excluding carboxylic acids is 4. The molecule has 35 heavy (non-hydrogen) atoms. The zero-order chi connectivity index (χ0) is 24.8. The lowest BCUT2D eigenvalue weighted by Gasteiger charge is -2.29. The SMILES string of the molecule is COC(=O)[C@@H](Cc1cccc2ccccc12)NC(=O)C[C@@H]1NC(=O)[C@H](Cc2ccccc2)NC1=O. The van der Waals surface area contributed by atoms with E-state index in [1.165, 1.54) is 7.11 Å². The Balaban J connectivity index is 1.39. The molecule has 3 aromatic rings. The molecular weight excluding hydrogens is 446 g/mol. The van der Waals surface area contributed by atoms with Gasteiger partial charge in [-0.1, -0.05) is 72.8 Å². The average molecular weight is 474 g/mol. The Morgan fingerprint density at radius 3 is 2.31 bits per heavy atom. The highest BCUT2D eigenvalue weighted by atomic mass is 16.5. The summed E-state index contributed by atoms with van der Waals surface area (Å²) in [4.78, 5) is 50.3. The first-order valence-corrected chi connectivity index (χ1v) is 11.4. The maximum atomic E-state index is 12.8. The molecule has 0 aromatic heterocycles. The summed E-state index contributed by atoms with van der Waals surface area (Å²) in [6, 6.07) is 20.2. The fraction of sp³-hybridized carbons (Fsp3) is 0.259. The second kappa shape index (κ2) is 10.8. The lowest BCUT2D eigenvalue weighted by atomic mass is 9.98. The minimum absolute atomic E-state index is 0.224. The lowest BCUT2D eigenvalue weighted by Crippen LogP contribution is -2.63. The standard InChI is InChI=1S/C27H27N3O5/c1-35-27(34)23(15-19-12-7-11-18-10-5-6-13-20(18)19)28-24(31)16-22-26(33)29-21(25(32)30-22)14-17-8-3-2-4-9-17/h2-13,21-23H,14-16H2,1H3,(H,28,31)(H,29,33)(H,30,32)/t21-,22-,23+/m0/s1. The summed E-state index contributed by atoms with van der Waals surface area (Å²) in [5.74, 6) is -1.93. The summed E-state index contributed by atoms with van der Waals surface area (Å²) in [6.45, 7) is 0. The molecule has 0 unspecified atom stereocenters. The van der Waals surface area contributed by atoms with Crippen LogP contribution in [0.1, 0.15) is 17.5 Å². The maximum absolute atomic E-state index is 12.8. The molecule has 0 aliphatic carbocycles. The van der Waals surface area contributed by atoms with Gasteiger partial charge in [0.15, 0.2) is 0 Å². The summed E-state index contributed by atoms with van der Waals surface area (Å²) in [5, 5.41) is 9.99. The maximum Gasteiger partial charge on any atom is 0.328 e. The molecule has 1 aliphatic heterocycles. The number of piperazine rings is 1. The van der Waals surface area contributed by atoms with Crippen molar-refractivity contribution in [3.63, 3.8) is 0 Å². The monoisotopic (exact) mass is 473 g/mol. The number of carbonyl (C=O) groups is 4. The van der Waals surface area contributed by atoms with E-state index in [0.29, 0.717) is 6.42 Å². The van der Waals surface area contributed by atoms with Gasteiger partial charge in [-0.15, -0.1) is 0 Å². The van der Waals surface area contributed by atoms with Crippen molar-refractivity contribution in [1.29, 1.82) is 0 Å². The predicted molar refractivity (Wildman–Crippen MR) is 130 cm³/mol. The summed E-state index contributed by atoms with van der Waals surface area (Å²) in [5.41, 5.74) is 1.80. The van der Waals surface area contributed by atoms with Crippen molar-refractivity contribution in [3.05, 3.63) is 83.9 Å². The highest BCUT2D eigenvalue weighted by molar-refractivity contribution is 5.99. The van der Waals surface area contributed by atoms with Gasteiger partial charge in [-0.2, -0.15) is 0 Å². The van der Waals surface area contributed by atoms with E-state index in [4.69, 9.17) is 4.74 Å². The van der Waals surface area contributed by atoms with Gasteiger partial charge in [0.25, 0.3) is 0 Å². The van der Waals surface area contributed by atoms with Crippen LogP contribution in [0, 0.1) is 0 Å². The zero-order valence-electron chi connectivity index (χ0n) is 19.3. The topological polar surface area (TPSA) is 114 Å². The van der Waals surface area contributed by atoms with E-state index in [1.807, 2.05) is 72.8 Å². The number of hydrogen-bond donors (Lipinski definition) is 3. The van der Waals surface area contributed by atoms with Crippen molar-refractivity contribution in [2.24, 2.45) is 0 Å². The van der Waals surface area contributed by atoms with Gasteiger partial charge in [-0.05, 0) is 21.9 Å². The molecular formula is C27H27N3O5. The molecule has 0 saturated carbocycles. The molecule has 0 spiro atoms. The molecule has 180 valence electrons. The van der Waals surface area contributed by atoms with Gasteiger partial charge in [0, 0.05) is 12.8 Å². The van der Waals surface area contributed by atoms with Crippen LogP contribution in [-0.4, -0.2) is 48.9 Å². The Hall–Kier alpha value is -4.20. The first-order chi connectivity index (χ1) is 16.9. The minimum atomic E-state index is -1.02. The minimum Gasteiger partial charge on any atom is -0.467 e. The summed E-state index contributed by atoms with van der Waals surface area (Å²) >= 11 is 0. The van der Waals surface area contributed by atoms with E-state index in [2.05, 4.69) is 16.0 Å². The first kappa shape index (κ1) is 23.9. The number of esters is 1. The number of hydrogen-bond acceptors (Lipinski definition) is 5. The third-order valence-corrected chi connectivity index (χ3v) is 6.06. The molecule has 1 aliphatic rings. The van der Waals surface area contributed by atoms with Gasteiger partial charge in [0.2, 0.25) is 17.7 Å². The number of rotatable bonds is 8. The molecule has 0 bridgehead atoms. The molecule has 1 fully saturated rings. The molecule has 3 atom stereocenters. The van der Waals surface area contributed by atoms with Gasteiger partial charge < -0.3 is 20.7 Å². The van der Waals surface area contributed by atoms with E-state index in [0.717, 1.165) is 21.9 Å². The Morgan fingerprint density at radius 1 is 0.886 bits per heavy atom. The van der Waals surface area contributed by atoms with Crippen LogP contribution in [-0.2, 0) is 36.8 Å². The summed E-state index contributed by atoms with van der Waals surface area (Å²) < 4.78 is 4.89. The Bertz CT molecular complexity index is 1240. The quantitative estimate of drug-likeness (QED) is 0.431. The van der Waals surface area contributed by atoms with E-state index < -0.39 is 35.9 Å². The first-order valence-electron chi connectivity index (χ1n) is 11.4. The molecule has 3 N–H and O–H groups in total. The lowest BCUT2D eigenvalue weighted by molar-refractivity contribution is -0.145. The van der Waals surface area contributed by atoms with Crippen LogP contribution in [0.4, 0.5) is 0 Å². The summed E-state index contributed by atoms with van der Waals surface area (Å²) in [7, 11) is 1.26. The zero-order valence-corrected chi connectivity index (χ0v) is 19.3. The third-order valence-electron chi connectivity index (χ3n) is 6.06. The number of methoxy groups -OCH3 is 1. The number of fused-ring (bicyclic) bond motifs is 1. The molecule has 8 heteroatoms. The molecule has 3 aromatic carbocycles. The van der Waals surface area contributed by atoms with E-state index in [-0.39, 0.29) is 18.7 Å².